The van der Waals surface area contributed by atoms with Crippen molar-refractivity contribution in [3.05, 3.63) is 34.3 Å². The van der Waals surface area contributed by atoms with Crippen LogP contribution in [0.15, 0.2) is 28.7 Å². The second-order valence-corrected chi connectivity index (χ2v) is 7.56. The Labute approximate surface area is 131 Å². The third-order valence-electron chi connectivity index (χ3n) is 5.34. The Kier molecular flexibility index (Phi) is 4.83. The van der Waals surface area contributed by atoms with Crippen molar-refractivity contribution in [2.24, 2.45) is 5.92 Å². The summed E-state index contributed by atoms with van der Waals surface area (Å²) in [6, 6.07) is 10.4. The second kappa shape index (κ2) is 6.62. The topological polar surface area (TPSA) is 12.0 Å². The molecule has 0 amide bonds. The van der Waals surface area contributed by atoms with Gasteiger partial charge in [0.05, 0.1) is 0 Å². The molecule has 1 N–H and O–H groups in total. The highest BCUT2D eigenvalue weighted by atomic mass is 79.9. The number of nitrogens with one attached hydrogen (secondary N) is 1. The lowest BCUT2D eigenvalue weighted by Gasteiger charge is -2.42. The highest BCUT2D eigenvalue weighted by Crippen LogP contribution is 2.39. The molecule has 0 aromatic heterocycles. The predicted molar refractivity (Wildman–Crippen MR) is 89.1 cm³/mol. The van der Waals surface area contributed by atoms with Crippen molar-refractivity contribution in [3.8, 4) is 0 Å². The van der Waals surface area contributed by atoms with Gasteiger partial charge in [-0.15, -0.1) is 0 Å². The van der Waals surface area contributed by atoms with Crippen molar-refractivity contribution < 1.29 is 0 Å². The zero-order valence-corrected chi connectivity index (χ0v) is 14.0. The summed E-state index contributed by atoms with van der Waals surface area (Å²) < 4.78 is 1.21. The second-order valence-electron chi connectivity index (χ2n) is 6.65. The first-order chi connectivity index (χ1) is 9.76. The molecule has 1 nitrogen and oxygen atoms in total. The molecule has 2 atom stereocenters. The van der Waals surface area contributed by atoms with E-state index in [9.17, 15) is 0 Å². The molecule has 3 rings (SSSR count). The predicted octanol–water partition coefficient (Wildman–Crippen LogP) is 5.25. The van der Waals surface area contributed by atoms with Crippen molar-refractivity contribution >= 4 is 15.9 Å². The van der Waals surface area contributed by atoms with Crippen molar-refractivity contribution in [3.63, 3.8) is 0 Å². The fourth-order valence-electron chi connectivity index (χ4n) is 4.01. The van der Waals surface area contributed by atoms with Gasteiger partial charge in [-0.3, -0.25) is 0 Å². The summed E-state index contributed by atoms with van der Waals surface area (Å²) >= 11 is 3.58. The van der Waals surface area contributed by atoms with E-state index in [0.29, 0.717) is 0 Å². The fraction of sp³-hybridized carbons (Fsp3) is 0.667. The monoisotopic (exact) mass is 335 g/mol. The Morgan fingerprint density at radius 1 is 1.20 bits per heavy atom. The highest BCUT2D eigenvalue weighted by molar-refractivity contribution is 9.10. The number of benzene rings is 1. The van der Waals surface area contributed by atoms with Crippen molar-refractivity contribution in [1.82, 2.24) is 5.32 Å². The van der Waals surface area contributed by atoms with Crippen molar-refractivity contribution in [2.75, 3.05) is 0 Å². The van der Waals surface area contributed by atoms with E-state index < -0.39 is 0 Å². The van der Waals surface area contributed by atoms with E-state index >= 15 is 0 Å². The molecule has 1 aromatic carbocycles. The van der Waals surface area contributed by atoms with Crippen LogP contribution in [-0.2, 0) is 0 Å². The summed E-state index contributed by atoms with van der Waals surface area (Å²) in [5.41, 5.74) is 1.51. The maximum absolute atomic E-state index is 3.96. The molecule has 0 heterocycles. The summed E-state index contributed by atoms with van der Waals surface area (Å²) in [4.78, 5) is 0. The highest BCUT2D eigenvalue weighted by Gasteiger charge is 2.33. The normalized spacial score (nSPS) is 33.7. The van der Waals surface area contributed by atoms with Gasteiger partial charge in [0.1, 0.15) is 0 Å². The molecule has 2 saturated carbocycles. The fourth-order valence-corrected chi connectivity index (χ4v) is 4.42. The Morgan fingerprint density at radius 2 is 2.00 bits per heavy atom. The Hall–Kier alpha value is -0.340. The first-order valence-electron chi connectivity index (χ1n) is 8.27. The van der Waals surface area contributed by atoms with Gasteiger partial charge in [0, 0.05) is 16.6 Å². The zero-order chi connectivity index (χ0) is 13.9. The largest absolute Gasteiger partial charge is 0.311 e. The van der Waals surface area contributed by atoms with E-state index in [4.69, 9.17) is 0 Å². The van der Waals surface area contributed by atoms with Gasteiger partial charge in [0.25, 0.3) is 0 Å². The van der Waals surface area contributed by atoms with Crippen LogP contribution in [0.5, 0.6) is 0 Å². The zero-order valence-electron chi connectivity index (χ0n) is 12.4. The smallest absolute Gasteiger partial charge is 0.0178 e. The molecule has 2 aliphatic carbocycles. The molecule has 0 aliphatic heterocycles. The molecule has 2 fully saturated rings. The molecule has 110 valence electrons. The van der Waals surface area contributed by atoms with E-state index in [-0.39, 0.29) is 0 Å². The number of hydrogen-bond donors (Lipinski definition) is 1. The lowest BCUT2D eigenvalue weighted by Crippen LogP contribution is -2.49. The van der Waals surface area contributed by atoms with Crippen LogP contribution in [0.1, 0.15) is 63.4 Å². The standard InChI is InChI=1S/C18H26BrN/c1-2-13-6-3-4-9-18(13)20-17-11-15(12-17)14-7-5-8-16(19)10-14/h5,7-8,10,13,15,17-18,20H,2-4,6,9,11-12H2,1H3. The van der Waals surface area contributed by atoms with Crippen LogP contribution >= 0.6 is 15.9 Å². The van der Waals surface area contributed by atoms with Gasteiger partial charge in [-0.2, -0.15) is 0 Å². The van der Waals surface area contributed by atoms with E-state index in [1.54, 1.807) is 0 Å². The van der Waals surface area contributed by atoms with Crippen LogP contribution in [-0.4, -0.2) is 12.1 Å². The van der Waals surface area contributed by atoms with Crippen LogP contribution in [0.3, 0.4) is 0 Å². The third-order valence-corrected chi connectivity index (χ3v) is 5.83. The molecule has 0 saturated heterocycles. The lowest BCUT2D eigenvalue weighted by molar-refractivity contribution is 0.189. The lowest BCUT2D eigenvalue weighted by atomic mass is 9.74. The van der Waals surface area contributed by atoms with Gasteiger partial charge in [0.15, 0.2) is 0 Å². The molecule has 0 spiro atoms. The molecule has 2 unspecified atom stereocenters. The van der Waals surface area contributed by atoms with Crippen LogP contribution in [0.25, 0.3) is 0 Å². The molecular weight excluding hydrogens is 310 g/mol. The number of hydrogen-bond acceptors (Lipinski definition) is 1. The SMILES string of the molecule is CCC1CCCCC1NC1CC(c2cccc(Br)c2)C1. The van der Waals surface area contributed by atoms with E-state index in [1.165, 1.54) is 55.0 Å². The van der Waals surface area contributed by atoms with E-state index in [2.05, 4.69) is 52.4 Å². The summed E-state index contributed by atoms with van der Waals surface area (Å²) in [6.07, 6.45) is 9.71. The molecule has 0 radical (unpaired) electrons. The number of rotatable bonds is 4. The Bertz CT molecular complexity index is 439. The molecule has 1 aromatic rings. The number of halogens is 1. The minimum Gasteiger partial charge on any atom is -0.311 e. The van der Waals surface area contributed by atoms with Gasteiger partial charge in [-0.25, -0.2) is 0 Å². The summed E-state index contributed by atoms with van der Waals surface area (Å²) in [6.45, 7) is 2.36. The third kappa shape index (κ3) is 3.28. The van der Waals surface area contributed by atoms with Crippen LogP contribution in [0.4, 0.5) is 0 Å². The van der Waals surface area contributed by atoms with Crippen molar-refractivity contribution in [1.29, 1.82) is 0 Å². The maximum Gasteiger partial charge on any atom is 0.0178 e. The molecular formula is C18H26BrN. The van der Waals surface area contributed by atoms with Crippen LogP contribution in [0, 0.1) is 5.92 Å². The summed E-state index contributed by atoms with van der Waals surface area (Å²) in [5.74, 6) is 1.70. The van der Waals surface area contributed by atoms with Crippen LogP contribution in [0.2, 0.25) is 0 Å². The summed E-state index contributed by atoms with van der Waals surface area (Å²) in [5, 5.41) is 3.96. The summed E-state index contributed by atoms with van der Waals surface area (Å²) in [7, 11) is 0. The Morgan fingerprint density at radius 3 is 2.75 bits per heavy atom. The molecule has 20 heavy (non-hydrogen) atoms. The molecule has 2 heteroatoms. The minimum absolute atomic E-state index is 0.760. The van der Waals surface area contributed by atoms with Gasteiger partial charge >= 0.3 is 0 Å². The van der Waals surface area contributed by atoms with Gasteiger partial charge in [-0.1, -0.05) is 54.2 Å². The molecule has 2 aliphatic rings. The average molecular weight is 336 g/mol. The first-order valence-corrected chi connectivity index (χ1v) is 9.07. The quantitative estimate of drug-likeness (QED) is 0.791. The maximum atomic E-state index is 3.96. The Balaban J connectivity index is 1.50. The van der Waals surface area contributed by atoms with Gasteiger partial charge in [0.2, 0.25) is 0 Å². The first kappa shape index (κ1) is 14.6. The van der Waals surface area contributed by atoms with Crippen LogP contribution < -0.4 is 5.32 Å². The van der Waals surface area contributed by atoms with Gasteiger partial charge in [-0.05, 0) is 55.2 Å². The molecule has 0 bridgehead atoms. The van der Waals surface area contributed by atoms with E-state index in [0.717, 1.165) is 23.9 Å². The minimum atomic E-state index is 0.760. The van der Waals surface area contributed by atoms with Gasteiger partial charge < -0.3 is 5.32 Å². The van der Waals surface area contributed by atoms with E-state index in [1.807, 2.05) is 0 Å². The van der Waals surface area contributed by atoms with Crippen molar-refractivity contribution in [2.45, 2.75) is 69.9 Å². The average Bonchev–Trinajstić information content (AvgIpc) is 2.42.